The molecule has 3 rings (SSSR count). The summed E-state index contributed by atoms with van der Waals surface area (Å²) in [5, 5.41) is 0. The number of benzene rings is 3. The summed E-state index contributed by atoms with van der Waals surface area (Å²) < 4.78 is 0. The number of nitrogens with zero attached hydrogens (tertiary/aromatic N) is 1. The maximum absolute atomic E-state index is 14.6. The molecule has 30 heavy (non-hydrogen) atoms. The van der Waals surface area contributed by atoms with Crippen LogP contribution in [0, 0.1) is 20.8 Å². The summed E-state index contributed by atoms with van der Waals surface area (Å²) in [5.41, 5.74) is 5.48. The topological polar surface area (TPSA) is 20.3 Å². The number of rotatable bonds is 7. The van der Waals surface area contributed by atoms with E-state index in [1.165, 1.54) is 5.56 Å². The summed E-state index contributed by atoms with van der Waals surface area (Å²) in [6, 6.07) is 25.1. The van der Waals surface area contributed by atoms with Gasteiger partial charge in [-0.3, -0.25) is 4.79 Å². The Morgan fingerprint density at radius 3 is 1.67 bits per heavy atom. The number of carbonyl (C=O) groups excluding carboxylic acids is 1. The van der Waals surface area contributed by atoms with Crippen LogP contribution in [0.3, 0.4) is 0 Å². The number of ketones is 1. The fourth-order valence-electron chi connectivity index (χ4n) is 4.58. The van der Waals surface area contributed by atoms with Crippen LogP contribution < -0.4 is 0 Å². The Morgan fingerprint density at radius 1 is 0.833 bits per heavy atom. The zero-order valence-corrected chi connectivity index (χ0v) is 19.1. The summed E-state index contributed by atoms with van der Waals surface area (Å²) in [6.45, 7) is 8.40. The van der Waals surface area contributed by atoms with Gasteiger partial charge in [0.2, 0.25) is 0 Å². The van der Waals surface area contributed by atoms with Crippen LogP contribution in [0.2, 0.25) is 0 Å². The van der Waals surface area contributed by atoms with Crippen molar-refractivity contribution in [1.82, 2.24) is 4.90 Å². The lowest BCUT2D eigenvalue weighted by Crippen LogP contribution is -2.43. The quantitative estimate of drug-likeness (QED) is 0.446. The minimum atomic E-state index is -0.753. The van der Waals surface area contributed by atoms with Crippen molar-refractivity contribution in [2.45, 2.75) is 45.6 Å². The summed E-state index contributed by atoms with van der Waals surface area (Å²) in [6.07, 6.45) is 0.708. The zero-order chi connectivity index (χ0) is 21.9. The highest BCUT2D eigenvalue weighted by Gasteiger charge is 2.44. The third kappa shape index (κ3) is 4.11. The monoisotopic (exact) mass is 399 g/mol. The Kier molecular flexibility index (Phi) is 6.58. The molecule has 0 heterocycles. The van der Waals surface area contributed by atoms with Crippen LogP contribution in [0.4, 0.5) is 0 Å². The van der Waals surface area contributed by atoms with Gasteiger partial charge in [-0.15, -0.1) is 0 Å². The number of carbonyl (C=O) groups is 1. The molecule has 2 nitrogen and oxygen atoms in total. The lowest BCUT2D eigenvalue weighted by atomic mass is 9.65. The number of aryl methyl sites for hydroxylation is 3. The molecule has 0 aromatic heterocycles. The maximum Gasteiger partial charge on any atom is 0.178 e. The smallest absolute Gasteiger partial charge is 0.178 e. The molecular formula is C28H33NO. The van der Waals surface area contributed by atoms with Crippen LogP contribution in [-0.2, 0) is 5.41 Å². The summed E-state index contributed by atoms with van der Waals surface area (Å²) >= 11 is 0. The lowest BCUT2D eigenvalue weighted by molar-refractivity contribution is 0.0881. The Bertz CT molecular complexity index is 943. The highest BCUT2D eigenvalue weighted by atomic mass is 16.1. The number of Topliss-reactive ketones (excluding diaryl/α,β-unsaturated/α-hetero) is 1. The first-order chi connectivity index (χ1) is 14.3. The third-order valence-electron chi connectivity index (χ3n) is 6.31. The number of hydrogen-bond acceptors (Lipinski definition) is 2. The molecule has 0 saturated carbocycles. The molecule has 3 aromatic rings. The van der Waals surface area contributed by atoms with Crippen LogP contribution in [0.15, 0.2) is 72.8 Å². The molecule has 0 radical (unpaired) electrons. The molecule has 0 N–H and O–H groups in total. The van der Waals surface area contributed by atoms with Crippen molar-refractivity contribution >= 4 is 5.78 Å². The normalized spacial score (nSPS) is 12.8. The molecule has 0 spiro atoms. The van der Waals surface area contributed by atoms with Crippen LogP contribution in [-0.4, -0.2) is 30.8 Å². The molecule has 2 heteroatoms. The van der Waals surface area contributed by atoms with Crippen molar-refractivity contribution in [3.05, 3.63) is 106 Å². The predicted octanol–water partition coefficient (Wildman–Crippen LogP) is 6.12. The molecule has 156 valence electrons. The van der Waals surface area contributed by atoms with E-state index in [1.807, 2.05) is 36.4 Å². The predicted molar refractivity (Wildman–Crippen MR) is 126 cm³/mol. The van der Waals surface area contributed by atoms with Crippen LogP contribution in [0.1, 0.15) is 51.5 Å². The third-order valence-corrected chi connectivity index (χ3v) is 6.31. The van der Waals surface area contributed by atoms with Gasteiger partial charge in [-0.05, 0) is 70.5 Å². The Balaban J connectivity index is 2.34. The molecule has 3 aromatic carbocycles. The van der Waals surface area contributed by atoms with Gasteiger partial charge in [-0.2, -0.15) is 0 Å². The highest BCUT2D eigenvalue weighted by Crippen LogP contribution is 2.41. The van der Waals surface area contributed by atoms with Crippen LogP contribution >= 0.6 is 0 Å². The van der Waals surface area contributed by atoms with Crippen LogP contribution in [0.5, 0.6) is 0 Å². The van der Waals surface area contributed by atoms with Crippen molar-refractivity contribution in [2.75, 3.05) is 14.1 Å². The summed E-state index contributed by atoms with van der Waals surface area (Å²) in [4.78, 5) is 16.8. The summed E-state index contributed by atoms with van der Waals surface area (Å²) in [7, 11) is 4.16. The van der Waals surface area contributed by atoms with Crippen molar-refractivity contribution in [2.24, 2.45) is 0 Å². The molecule has 0 unspecified atom stereocenters. The van der Waals surface area contributed by atoms with E-state index in [0.29, 0.717) is 6.42 Å². The largest absolute Gasteiger partial charge is 0.307 e. The average Bonchev–Trinajstić information content (AvgIpc) is 2.72. The maximum atomic E-state index is 14.6. The van der Waals surface area contributed by atoms with Gasteiger partial charge >= 0.3 is 0 Å². The first kappa shape index (κ1) is 22.0. The van der Waals surface area contributed by atoms with Gasteiger partial charge in [-0.25, -0.2) is 0 Å². The lowest BCUT2D eigenvalue weighted by Gasteiger charge is -2.38. The molecule has 0 amide bonds. The van der Waals surface area contributed by atoms with Gasteiger partial charge in [0, 0.05) is 11.6 Å². The molecule has 0 aliphatic rings. The standard InChI is InChI=1S/C28H33NO/c1-20-17-21(2)26(22(3)18-20)27(30)28(19-23(4)29(5)6,24-13-9-7-10-14-24)25-15-11-8-12-16-25/h7-18,23H,19H2,1-6H3/t23-/m0/s1. The Hall–Kier alpha value is -2.71. The van der Waals surface area contributed by atoms with E-state index in [2.05, 4.69) is 83.1 Å². The Morgan fingerprint density at radius 2 is 1.27 bits per heavy atom. The van der Waals surface area contributed by atoms with Gasteiger partial charge in [0.25, 0.3) is 0 Å². The molecular weight excluding hydrogens is 366 g/mol. The van der Waals surface area contributed by atoms with Gasteiger partial charge < -0.3 is 4.90 Å². The molecule has 0 aliphatic carbocycles. The van der Waals surface area contributed by atoms with E-state index in [1.54, 1.807) is 0 Å². The molecule has 1 atom stereocenters. The van der Waals surface area contributed by atoms with E-state index in [-0.39, 0.29) is 11.8 Å². The Labute approximate surface area is 181 Å². The van der Waals surface area contributed by atoms with Crippen molar-refractivity contribution < 1.29 is 4.79 Å². The van der Waals surface area contributed by atoms with Gasteiger partial charge in [0.1, 0.15) is 0 Å². The van der Waals surface area contributed by atoms with E-state index >= 15 is 0 Å². The van der Waals surface area contributed by atoms with E-state index in [0.717, 1.165) is 27.8 Å². The van der Waals surface area contributed by atoms with Gasteiger partial charge in [-0.1, -0.05) is 78.4 Å². The molecule has 0 saturated heterocycles. The second-order valence-corrected chi connectivity index (χ2v) is 8.76. The van der Waals surface area contributed by atoms with Crippen molar-refractivity contribution in [3.63, 3.8) is 0 Å². The van der Waals surface area contributed by atoms with E-state index in [4.69, 9.17) is 0 Å². The minimum absolute atomic E-state index is 0.184. The molecule has 0 fully saturated rings. The zero-order valence-electron chi connectivity index (χ0n) is 19.1. The number of hydrogen-bond donors (Lipinski definition) is 0. The SMILES string of the molecule is Cc1cc(C)c(C(=O)C(C[C@H](C)N(C)C)(c2ccccc2)c2ccccc2)c(C)c1. The molecule has 0 aliphatic heterocycles. The summed E-state index contributed by atoms with van der Waals surface area (Å²) in [5.74, 6) is 0.184. The van der Waals surface area contributed by atoms with Gasteiger partial charge in [0.05, 0.1) is 5.41 Å². The van der Waals surface area contributed by atoms with E-state index < -0.39 is 5.41 Å². The van der Waals surface area contributed by atoms with Crippen molar-refractivity contribution in [1.29, 1.82) is 0 Å². The molecule has 0 bridgehead atoms. The second kappa shape index (κ2) is 8.97. The first-order valence-corrected chi connectivity index (χ1v) is 10.7. The fourth-order valence-corrected chi connectivity index (χ4v) is 4.58. The average molecular weight is 400 g/mol. The van der Waals surface area contributed by atoms with Gasteiger partial charge in [0.15, 0.2) is 5.78 Å². The van der Waals surface area contributed by atoms with Crippen molar-refractivity contribution in [3.8, 4) is 0 Å². The van der Waals surface area contributed by atoms with E-state index in [9.17, 15) is 4.79 Å². The second-order valence-electron chi connectivity index (χ2n) is 8.76. The van der Waals surface area contributed by atoms with Crippen LogP contribution in [0.25, 0.3) is 0 Å². The minimum Gasteiger partial charge on any atom is -0.307 e. The highest BCUT2D eigenvalue weighted by molar-refractivity contribution is 6.08. The fraction of sp³-hybridized carbons (Fsp3) is 0.321. The first-order valence-electron chi connectivity index (χ1n) is 10.7.